The molecule has 3 fully saturated rings. The van der Waals surface area contributed by atoms with E-state index in [0.717, 1.165) is 58.0 Å². The van der Waals surface area contributed by atoms with Gasteiger partial charge in [0, 0.05) is 61.7 Å². The molecule has 2 aromatic rings. The molecule has 7 heteroatoms. The average Bonchev–Trinajstić information content (AvgIpc) is 3.60. The van der Waals surface area contributed by atoms with Crippen molar-refractivity contribution in [2.75, 3.05) is 39.3 Å². The molecule has 2 aliphatic heterocycles. The fraction of sp³-hybridized carbons (Fsp3) is 0.520. The van der Waals surface area contributed by atoms with Gasteiger partial charge in [-0.3, -0.25) is 24.5 Å². The summed E-state index contributed by atoms with van der Waals surface area (Å²) in [5.74, 6) is 1.07. The van der Waals surface area contributed by atoms with E-state index in [2.05, 4.69) is 27.1 Å². The lowest BCUT2D eigenvalue weighted by Crippen LogP contribution is -2.49. The molecule has 0 aromatic carbocycles. The van der Waals surface area contributed by atoms with Crippen LogP contribution in [0.2, 0.25) is 0 Å². The predicted molar refractivity (Wildman–Crippen MR) is 122 cm³/mol. The Morgan fingerprint density at radius 1 is 0.938 bits per heavy atom. The van der Waals surface area contributed by atoms with Crippen LogP contribution in [-0.2, 0) is 0 Å². The molecule has 3 aliphatic rings. The summed E-state index contributed by atoms with van der Waals surface area (Å²) in [6.45, 7) is 7.48. The second-order valence-corrected chi connectivity index (χ2v) is 9.36. The van der Waals surface area contributed by atoms with Gasteiger partial charge in [0.15, 0.2) is 5.78 Å². The number of carbonyl (C=O) groups is 2. The van der Waals surface area contributed by atoms with Crippen molar-refractivity contribution >= 4 is 11.7 Å². The van der Waals surface area contributed by atoms with Gasteiger partial charge in [0.25, 0.3) is 5.91 Å². The van der Waals surface area contributed by atoms with Gasteiger partial charge in [-0.05, 0) is 62.5 Å². The van der Waals surface area contributed by atoms with E-state index in [1.165, 1.54) is 6.42 Å². The Kier molecular flexibility index (Phi) is 6.02. The first-order chi connectivity index (χ1) is 15.6. The van der Waals surface area contributed by atoms with Gasteiger partial charge < -0.3 is 10.2 Å². The highest BCUT2D eigenvalue weighted by Crippen LogP contribution is 2.35. The van der Waals surface area contributed by atoms with Gasteiger partial charge in [-0.25, -0.2) is 0 Å². The number of Topliss-reactive ketones (excluding diaryl/α,β-unsaturated/α-hetero) is 1. The van der Waals surface area contributed by atoms with Crippen LogP contribution in [0.3, 0.4) is 0 Å². The summed E-state index contributed by atoms with van der Waals surface area (Å²) in [6.07, 6.45) is 6.34. The maximum Gasteiger partial charge on any atom is 0.254 e. The number of carbonyl (C=O) groups excluding carboxylic acids is 2. The lowest BCUT2D eigenvalue weighted by atomic mass is 9.89. The molecule has 2 aromatic heterocycles. The second kappa shape index (κ2) is 9.08. The fourth-order valence-electron chi connectivity index (χ4n) is 5.00. The number of pyridine rings is 2. The van der Waals surface area contributed by atoms with Gasteiger partial charge in [-0.2, -0.15) is 0 Å². The van der Waals surface area contributed by atoms with Crippen molar-refractivity contribution in [3.05, 3.63) is 47.8 Å². The first-order valence-electron chi connectivity index (χ1n) is 11.8. The van der Waals surface area contributed by atoms with Crippen LogP contribution in [0.5, 0.6) is 0 Å². The van der Waals surface area contributed by atoms with E-state index < -0.39 is 0 Å². The summed E-state index contributed by atoms with van der Waals surface area (Å²) >= 11 is 0. The van der Waals surface area contributed by atoms with E-state index in [1.54, 1.807) is 30.6 Å². The number of nitrogens with zero attached hydrogens (tertiary/aromatic N) is 4. The van der Waals surface area contributed by atoms with Crippen LogP contribution >= 0.6 is 0 Å². The Morgan fingerprint density at radius 2 is 1.53 bits per heavy atom. The highest BCUT2D eigenvalue weighted by atomic mass is 16.2. The third-order valence-electron chi connectivity index (χ3n) is 7.16. The molecular formula is C25H31N5O2. The third kappa shape index (κ3) is 4.45. The molecule has 0 spiro atoms. The molecule has 168 valence electrons. The lowest BCUT2D eigenvalue weighted by Gasteiger charge is -2.35. The molecule has 0 radical (unpaired) electrons. The molecule has 1 aliphatic carbocycles. The van der Waals surface area contributed by atoms with Gasteiger partial charge in [-0.1, -0.05) is 6.92 Å². The molecule has 1 amide bonds. The molecule has 1 unspecified atom stereocenters. The SMILES string of the molecule is CC1C[C@@H]1N1CCN(C(=O)c2ccnc(-c3cc(C(=O)C4CCNCC4)ccn3)c2)CC1. The number of hydrogen-bond acceptors (Lipinski definition) is 6. The van der Waals surface area contributed by atoms with Gasteiger partial charge in [0.05, 0.1) is 11.4 Å². The predicted octanol–water partition coefficient (Wildman–Crippen LogP) is 2.49. The van der Waals surface area contributed by atoms with Crippen LogP contribution in [-0.4, -0.2) is 76.8 Å². The number of amides is 1. The Balaban J connectivity index is 1.29. The highest BCUT2D eigenvalue weighted by Gasteiger charge is 2.39. The van der Waals surface area contributed by atoms with Crippen LogP contribution in [0.1, 0.15) is 46.9 Å². The van der Waals surface area contributed by atoms with Crippen molar-refractivity contribution in [3.63, 3.8) is 0 Å². The zero-order valence-corrected chi connectivity index (χ0v) is 18.7. The number of piperazine rings is 1. The van der Waals surface area contributed by atoms with Crippen molar-refractivity contribution in [1.29, 1.82) is 0 Å². The summed E-state index contributed by atoms with van der Waals surface area (Å²) < 4.78 is 0. The van der Waals surface area contributed by atoms with Crippen LogP contribution in [0.15, 0.2) is 36.7 Å². The van der Waals surface area contributed by atoms with Crippen molar-refractivity contribution < 1.29 is 9.59 Å². The Labute approximate surface area is 189 Å². The standard InChI is InChI=1S/C25H31N5O2/c1-17-14-23(17)29-10-12-30(13-11-29)25(32)20-5-9-28-22(16-20)21-15-19(4-8-27-21)24(31)18-2-6-26-7-3-18/h4-5,8-9,15-18,23,26H,2-3,6-7,10-14H2,1H3/t17?,23-/m0/s1. The van der Waals surface area contributed by atoms with Crippen molar-refractivity contribution in [2.45, 2.75) is 32.2 Å². The molecule has 1 saturated carbocycles. The largest absolute Gasteiger partial charge is 0.336 e. The first kappa shape index (κ1) is 21.2. The van der Waals surface area contributed by atoms with Crippen LogP contribution in [0.25, 0.3) is 11.4 Å². The minimum Gasteiger partial charge on any atom is -0.336 e. The zero-order chi connectivity index (χ0) is 22.1. The Bertz CT molecular complexity index is 995. The average molecular weight is 434 g/mol. The molecular weight excluding hydrogens is 402 g/mol. The molecule has 2 saturated heterocycles. The fourth-order valence-corrected chi connectivity index (χ4v) is 5.00. The molecule has 0 bridgehead atoms. The third-order valence-corrected chi connectivity index (χ3v) is 7.16. The second-order valence-electron chi connectivity index (χ2n) is 9.36. The Hall–Kier alpha value is -2.64. The minimum atomic E-state index is 0.0408. The maximum absolute atomic E-state index is 13.1. The smallest absolute Gasteiger partial charge is 0.254 e. The Morgan fingerprint density at radius 3 is 2.16 bits per heavy atom. The van der Waals surface area contributed by atoms with E-state index in [1.807, 2.05) is 11.0 Å². The van der Waals surface area contributed by atoms with Gasteiger partial charge in [0.2, 0.25) is 0 Å². The molecule has 7 nitrogen and oxygen atoms in total. The zero-order valence-electron chi connectivity index (χ0n) is 18.7. The lowest BCUT2D eigenvalue weighted by molar-refractivity contribution is 0.0621. The van der Waals surface area contributed by atoms with Crippen LogP contribution in [0, 0.1) is 11.8 Å². The molecule has 32 heavy (non-hydrogen) atoms. The van der Waals surface area contributed by atoms with E-state index >= 15 is 0 Å². The number of ketones is 1. The van der Waals surface area contributed by atoms with Crippen molar-refractivity contribution in [2.24, 2.45) is 11.8 Å². The van der Waals surface area contributed by atoms with E-state index in [9.17, 15) is 9.59 Å². The molecule has 2 atom stereocenters. The van der Waals surface area contributed by atoms with Crippen molar-refractivity contribution in [1.82, 2.24) is 25.1 Å². The minimum absolute atomic E-state index is 0.0408. The number of piperidine rings is 1. The van der Waals surface area contributed by atoms with E-state index in [4.69, 9.17) is 0 Å². The summed E-state index contributed by atoms with van der Waals surface area (Å²) in [6, 6.07) is 7.88. The monoisotopic (exact) mass is 433 g/mol. The molecule has 1 N–H and O–H groups in total. The number of aromatic nitrogens is 2. The number of rotatable bonds is 5. The summed E-state index contributed by atoms with van der Waals surface area (Å²) in [5.41, 5.74) is 2.55. The normalized spacial score (nSPS) is 24.3. The quantitative estimate of drug-likeness (QED) is 0.730. The first-order valence-corrected chi connectivity index (χ1v) is 11.8. The van der Waals surface area contributed by atoms with Crippen LogP contribution in [0.4, 0.5) is 0 Å². The summed E-state index contributed by atoms with van der Waals surface area (Å²) in [7, 11) is 0. The van der Waals surface area contributed by atoms with Gasteiger partial charge in [-0.15, -0.1) is 0 Å². The van der Waals surface area contributed by atoms with E-state index in [0.29, 0.717) is 28.6 Å². The number of hydrogen-bond donors (Lipinski definition) is 1. The molecule has 4 heterocycles. The summed E-state index contributed by atoms with van der Waals surface area (Å²) in [5, 5.41) is 3.30. The van der Waals surface area contributed by atoms with Crippen LogP contribution < -0.4 is 5.32 Å². The molecule has 5 rings (SSSR count). The van der Waals surface area contributed by atoms with Gasteiger partial charge >= 0.3 is 0 Å². The highest BCUT2D eigenvalue weighted by molar-refractivity contribution is 5.99. The topological polar surface area (TPSA) is 78.4 Å². The van der Waals surface area contributed by atoms with E-state index in [-0.39, 0.29) is 17.6 Å². The van der Waals surface area contributed by atoms with Gasteiger partial charge in [0.1, 0.15) is 0 Å². The number of nitrogens with one attached hydrogen (secondary N) is 1. The maximum atomic E-state index is 13.1. The van der Waals surface area contributed by atoms with Crippen molar-refractivity contribution in [3.8, 4) is 11.4 Å². The summed E-state index contributed by atoms with van der Waals surface area (Å²) in [4.78, 5) is 39.4.